The van der Waals surface area contributed by atoms with Crippen molar-refractivity contribution >= 4 is 12.3 Å². The summed E-state index contributed by atoms with van der Waals surface area (Å²) in [6, 6.07) is 15.2. The second-order valence-corrected chi connectivity index (χ2v) is 16.8. The molecule has 0 aliphatic rings. The van der Waals surface area contributed by atoms with E-state index in [1.807, 2.05) is 12.1 Å². The van der Waals surface area contributed by atoms with Crippen molar-refractivity contribution in [3.05, 3.63) is 118 Å². The Bertz CT molecular complexity index is 1740. The summed E-state index contributed by atoms with van der Waals surface area (Å²) in [6.45, 7) is 35.5. The second-order valence-electron chi connectivity index (χ2n) is 16.8. The van der Waals surface area contributed by atoms with Crippen molar-refractivity contribution in [1.82, 2.24) is 0 Å². The van der Waals surface area contributed by atoms with Crippen LogP contribution in [-0.2, 0) is 25.7 Å². The predicted octanol–water partition coefficient (Wildman–Crippen LogP) is 12.2. The molecule has 0 N–H and O–H groups in total. The van der Waals surface area contributed by atoms with Crippen molar-refractivity contribution in [2.45, 2.75) is 125 Å². The van der Waals surface area contributed by atoms with E-state index in [0.29, 0.717) is 11.5 Å². The van der Waals surface area contributed by atoms with Gasteiger partial charge in [-0.2, -0.15) is 0 Å². The molecule has 6 nitrogen and oxygen atoms in total. The van der Waals surface area contributed by atoms with Crippen LogP contribution < -0.4 is 9.47 Å². The minimum Gasteiger partial charge on any atom is -0.430 e. The largest absolute Gasteiger partial charge is 0.514 e. The van der Waals surface area contributed by atoms with E-state index in [1.165, 1.54) is 40.0 Å². The zero-order valence-electron chi connectivity index (χ0n) is 33.3. The normalized spacial score (nSPS) is 13.2. The van der Waals surface area contributed by atoms with Crippen LogP contribution in [0.5, 0.6) is 11.5 Å². The lowest BCUT2D eigenvalue weighted by atomic mass is 9.74. The highest BCUT2D eigenvalue weighted by molar-refractivity contribution is 5.67. The van der Waals surface area contributed by atoms with Crippen LogP contribution in [0.4, 0.5) is 9.59 Å². The Kier molecular flexibility index (Phi) is 13.2. The van der Waals surface area contributed by atoms with Gasteiger partial charge in [0.15, 0.2) is 0 Å². The van der Waals surface area contributed by atoms with Gasteiger partial charge >= 0.3 is 12.3 Å². The van der Waals surface area contributed by atoms with Gasteiger partial charge in [0.1, 0.15) is 24.7 Å². The molecule has 0 aliphatic carbocycles. The summed E-state index contributed by atoms with van der Waals surface area (Å²) in [6.07, 6.45) is 2.35. The lowest BCUT2D eigenvalue weighted by Gasteiger charge is -2.31. The van der Waals surface area contributed by atoms with Crippen molar-refractivity contribution in [2.24, 2.45) is 0 Å². The molecule has 0 heterocycles. The summed E-state index contributed by atoms with van der Waals surface area (Å²) in [5, 5.41) is 0. The maximum atomic E-state index is 12.6. The Labute approximate surface area is 307 Å². The number of hydrogen-bond donors (Lipinski definition) is 0. The van der Waals surface area contributed by atoms with Crippen molar-refractivity contribution < 1.29 is 28.5 Å². The average Bonchev–Trinajstić information content (AvgIpc) is 3.00. The second kappa shape index (κ2) is 16.4. The molecule has 0 aromatic heterocycles. The molecule has 0 fully saturated rings. The van der Waals surface area contributed by atoms with Gasteiger partial charge in [0, 0.05) is 17.0 Å². The van der Waals surface area contributed by atoms with Crippen molar-refractivity contribution in [3.8, 4) is 11.5 Å². The van der Waals surface area contributed by atoms with Gasteiger partial charge in [-0.3, -0.25) is 0 Å². The Morgan fingerprint density at radius 3 is 1.49 bits per heavy atom. The highest BCUT2D eigenvalue weighted by Crippen LogP contribution is 2.45. The standard InChI is InChI=1S/C45H60O6/c1-16-20-48-41(46)50-39-23-30(5)33(26-37(39)44(10,11)12)29(4)22-36(34-25-32(43(7,8)9)19-18-28(34)3)35-27-38(45(13,14)15)40(24-31(35)6)51-42(47)49-21-17-2/h16-19,23-27,29,36H,1-2,20-22H2,3-15H3. The van der Waals surface area contributed by atoms with E-state index in [2.05, 4.69) is 133 Å². The zero-order chi connectivity index (χ0) is 38.5. The van der Waals surface area contributed by atoms with Crippen LogP contribution in [0.2, 0.25) is 0 Å². The first kappa shape index (κ1) is 41.1. The first-order valence-corrected chi connectivity index (χ1v) is 17.9. The molecule has 0 bridgehead atoms. The molecule has 0 aliphatic heterocycles. The smallest absolute Gasteiger partial charge is 0.430 e. The van der Waals surface area contributed by atoms with Crippen LogP contribution in [0.3, 0.4) is 0 Å². The highest BCUT2D eigenvalue weighted by atomic mass is 16.7. The summed E-state index contributed by atoms with van der Waals surface area (Å²) in [5.74, 6) is 1.14. The number of carbonyl (C=O) groups excluding carboxylic acids is 2. The fourth-order valence-corrected chi connectivity index (χ4v) is 6.52. The molecule has 3 aromatic carbocycles. The van der Waals surface area contributed by atoms with E-state index in [1.54, 1.807) is 0 Å². The third-order valence-corrected chi connectivity index (χ3v) is 9.39. The molecule has 0 spiro atoms. The quantitative estimate of drug-likeness (QED) is 0.113. The Balaban J connectivity index is 2.25. The van der Waals surface area contributed by atoms with Crippen LogP contribution in [0.25, 0.3) is 0 Å². The molecule has 2 atom stereocenters. The molecular formula is C45H60O6. The van der Waals surface area contributed by atoms with Gasteiger partial charge in [-0.25, -0.2) is 9.59 Å². The first-order chi connectivity index (χ1) is 23.6. The van der Waals surface area contributed by atoms with E-state index in [4.69, 9.17) is 18.9 Å². The van der Waals surface area contributed by atoms with Gasteiger partial charge in [-0.15, -0.1) is 0 Å². The number of hydrogen-bond acceptors (Lipinski definition) is 6. The summed E-state index contributed by atoms with van der Waals surface area (Å²) in [4.78, 5) is 25.1. The number of ether oxygens (including phenoxy) is 4. The molecule has 0 amide bonds. The molecule has 0 saturated carbocycles. The highest BCUT2D eigenvalue weighted by Gasteiger charge is 2.30. The number of rotatable bonds is 11. The van der Waals surface area contributed by atoms with Gasteiger partial charge < -0.3 is 18.9 Å². The maximum Gasteiger partial charge on any atom is 0.514 e. The Hall–Kier alpha value is -4.32. The van der Waals surface area contributed by atoms with E-state index < -0.39 is 12.3 Å². The monoisotopic (exact) mass is 696 g/mol. The topological polar surface area (TPSA) is 71.1 Å². The lowest BCUT2D eigenvalue weighted by molar-refractivity contribution is 0.108. The van der Waals surface area contributed by atoms with E-state index in [9.17, 15) is 9.59 Å². The first-order valence-electron chi connectivity index (χ1n) is 17.9. The number of benzene rings is 3. The fraction of sp³-hybridized carbons (Fsp3) is 0.467. The van der Waals surface area contributed by atoms with Crippen LogP contribution in [0.15, 0.2) is 67.8 Å². The zero-order valence-corrected chi connectivity index (χ0v) is 33.3. The van der Waals surface area contributed by atoms with Crippen LogP contribution in [0.1, 0.15) is 138 Å². The summed E-state index contributed by atoms with van der Waals surface area (Å²) in [7, 11) is 0. The lowest BCUT2D eigenvalue weighted by Crippen LogP contribution is -2.20. The van der Waals surface area contributed by atoms with Crippen LogP contribution in [-0.4, -0.2) is 25.5 Å². The third-order valence-electron chi connectivity index (χ3n) is 9.39. The molecule has 3 rings (SSSR count). The minimum absolute atomic E-state index is 0.0208. The maximum absolute atomic E-state index is 12.6. The van der Waals surface area contributed by atoms with Crippen LogP contribution >= 0.6 is 0 Å². The molecule has 276 valence electrons. The molecule has 3 aromatic rings. The fourth-order valence-electron chi connectivity index (χ4n) is 6.52. The van der Waals surface area contributed by atoms with Crippen molar-refractivity contribution in [1.29, 1.82) is 0 Å². The van der Waals surface area contributed by atoms with Gasteiger partial charge in [0.05, 0.1) is 0 Å². The molecule has 0 radical (unpaired) electrons. The predicted molar refractivity (Wildman–Crippen MR) is 209 cm³/mol. The van der Waals surface area contributed by atoms with Crippen molar-refractivity contribution in [3.63, 3.8) is 0 Å². The van der Waals surface area contributed by atoms with Crippen LogP contribution in [0, 0.1) is 20.8 Å². The molecule has 0 saturated heterocycles. The van der Waals surface area contributed by atoms with Gasteiger partial charge in [0.25, 0.3) is 0 Å². The SMILES string of the molecule is C=CCOC(=O)Oc1cc(C)c(C(C)CC(c2cc(C(C)(C)C)ccc2C)c2cc(C(C)(C)C)c(OC(=O)OCC=C)cc2C)cc1C(C)(C)C. The minimum atomic E-state index is -0.752. The van der Waals surface area contributed by atoms with E-state index in [-0.39, 0.29) is 41.3 Å². The summed E-state index contributed by atoms with van der Waals surface area (Å²) >= 11 is 0. The average molecular weight is 697 g/mol. The Morgan fingerprint density at radius 1 is 0.627 bits per heavy atom. The van der Waals surface area contributed by atoms with E-state index in [0.717, 1.165) is 28.7 Å². The third kappa shape index (κ3) is 10.6. The van der Waals surface area contributed by atoms with Gasteiger partial charge in [0.2, 0.25) is 0 Å². The number of carbonyl (C=O) groups is 2. The number of aryl methyl sites for hydroxylation is 3. The Morgan fingerprint density at radius 2 is 1.06 bits per heavy atom. The van der Waals surface area contributed by atoms with E-state index >= 15 is 0 Å². The van der Waals surface area contributed by atoms with Gasteiger partial charge in [-0.05, 0) is 100 Å². The molecule has 2 unspecified atom stereocenters. The molecule has 6 heteroatoms. The summed E-state index contributed by atoms with van der Waals surface area (Å²) < 4.78 is 21.9. The van der Waals surface area contributed by atoms with Crippen molar-refractivity contribution in [2.75, 3.05) is 13.2 Å². The van der Waals surface area contributed by atoms with Gasteiger partial charge in [-0.1, -0.05) is 125 Å². The molecule has 51 heavy (non-hydrogen) atoms. The molecular weight excluding hydrogens is 636 g/mol. The summed E-state index contributed by atoms with van der Waals surface area (Å²) in [5.41, 5.74) is 9.42.